The fourth-order valence-electron chi connectivity index (χ4n) is 2.64. The molecule has 0 radical (unpaired) electrons. The molecule has 1 aliphatic rings. The lowest BCUT2D eigenvalue weighted by molar-refractivity contribution is -0.0964. The quantitative estimate of drug-likeness (QED) is 0.897. The van der Waals surface area contributed by atoms with Crippen molar-refractivity contribution < 1.29 is 13.9 Å². The second kappa shape index (κ2) is 5.33. The summed E-state index contributed by atoms with van der Waals surface area (Å²) in [5.41, 5.74) is 1.10. The van der Waals surface area contributed by atoms with E-state index in [4.69, 9.17) is 0 Å². The lowest BCUT2D eigenvalue weighted by atomic mass is 9.95. The summed E-state index contributed by atoms with van der Waals surface area (Å²) in [7, 11) is 0. The molecule has 0 aromatic heterocycles. The summed E-state index contributed by atoms with van der Waals surface area (Å²) in [4.78, 5) is 1.98. The minimum absolute atomic E-state index is 0.0550. The number of aliphatic hydroxyl groups excluding tert-OH is 1. The van der Waals surface area contributed by atoms with E-state index in [2.05, 4.69) is 0 Å². The van der Waals surface area contributed by atoms with Gasteiger partial charge in [-0.25, -0.2) is 8.78 Å². The normalized spacial score (nSPS) is 25.9. The van der Waals surface area contributed by atoms with Gasteiger partial charge in [-0.15, -0.1) is 0 Å². The molecule has 0 aliphatic carbocycles. The van der Waals surface area contributed by atoms with Gasteiger partial charge in [0, 0.05) is 31.5 Å². The van der Waals surface area contributed by atoms with Crippen molar-refractivity contribution in [1.82, 2.24) is 4.90 Å². The van der Waals surface area contributed by atoms with Gasteiger partial charge in [-0.3, -0.25) is 4.90 Å². The highest BCUT2D eigenvalue weighted by atomic mass is 19.3. The Balaban J connectivity index is 2.13. The van der Waals surface area contributed by atoms with Crippen LogP contribution < -0.4 is 0 Å². The Bertz CT molecular complexity index is 383. The summed E-state index contributed by atoms with van der Waals surface area (Å²) >= 11 is 0. The van der Waals surface area contributed by atoms with Crippen molar-refractivity contribution in [3.05, 3.63) is 35.9 Å². The number of benzene rings is 1. The summed E-state index contributed by atoms with van der Waals surface area (Å²) in [5, 5.41) is 9.31. The lowest BCUT2D eigenvalue weighted by Crippen LogP contribution is -2.49. The molecule has 1 aromatic carbocycles. The van der Waals surface area contributed by atoms with Crippen LogP contribution in [0.1, 0.15) is 31.4 Å². The van der Waals surface area contributed by atoms with Crippen LogP contribution in [0, 0.1) is 0 Å². The van der Waals surface area contributed by atoms with E-state index < -0.39 is 12.0 Å². The first-order valence-corrected chi connectivity index (χ1v) is 6.33. The standard InChI is InChI=1S/C14H19F2NO/c1-11(12-5-3-2-4-6-12)17-8-7-14(15,16)9-13(17)10-18/h2-6,11,13,18H,7-10H2,1H3/t11-,13-/m0/s1. The first-order chi connectivity index (χ1) is 8.53. The molecule has 1 N–H and O–H groups in total. The number of piperidine rings is 1. The van der Waals surface area contributed by atoms with Crippen molar-refractivity contribution in [3.63, 3.8) is 0 Å². The number of likely N-dealkylation sites (tertiary alicyclic amines) is 1. The van der Waals surface area contributed by atoms with E-state index in [0.717, 1.165) is 5.56 Å². The van der Waals surface area contributed by atoms with Crippen LogP contribution in [0.15, 0.2) is 30.3 Å². The van der Waals surface area contributed by atoms with Gasteiger partial charge in [0.25, 0.3) is 5.92 Å². The van der Waals surface area contributed by atoms with E-state index in [9.17, 15) is 13.9 Å². The predicted octanol–water partition coefficient (Wildman–Crippen LogP) is 2.84. The number of hydrogen-bond acceptors (Lipinski definition) is 2. The van der Waals surface area contributed by atoms with E-state index in [0.29, 0.717) is 6.54 Å². The number of alkyl halides is 2. The molecule has 100 valence electrons. The monoisotopic (exact) mass is 255 g/mol. The van der Waals surface area contributed by atoms with Crippen LogP contribution in [0.2, 0.25) is 0 Å². The molecule has 4 heteroatoms. The predicted molar refractivity (Wildman–Crippen MR) is 66.6 cm³/mol. The van der Waals surface area contributed by atoms with Crippen LogP contribution in [-0.4, -0.2) is 35.1 Å². The van der Waals surface area contributed by atoms with Crippen LogP contribution in [0.25, 0.3) is 0 Å². The highest BCUT2D eigenvalue weighted by molar-refractivity contribution is 5.18. The van der Waals surface area contributed by atoms with Gasteiger partial charge in [-0.2, -0.15) is 0 Å². The molecule has 1 aliphatic heterocycles. The summed E-state index contributed by atoms with van der Waals surface area (Å²) in [6.07, 6.45) is -0.374. The molecule has 18 heavy (non-hydrogen) atoms. The Morgan fingerprint density at radius 1 is 1.39 bits per heavy atom. The Morgan fingerprint density at radius 3 is 2.67 bits per heavy atom. The number of halogens is 2. The van der Waals surface area contributed by atoms with Crippen molar-refractivity contribution in [2.45, 2.75) is 37.8 Å². The Labute approximate surface area is 106 Å². The van der Waals surface area contributed by atoms with Gasteiger partial charge in [0.05, 0.1) is 6.61 Å². The summed E-state index contributed by atoms with van der Waals surface area (Å²) in [6.45, 7) is 2.11. The fraction of sp³-hybridized carbons (Fsp3) is 0.571. The van der Waals surface area contributed by atoms with Crippen molar-refractivity contribution in [1.29, 1.82) is 0 Å². The molecule has 0 spiro atoms. The number of rotatable bonds is 3. The minimum Gasteiger partial charge on any atom is -0.395 e. The first kappa shape index (κ1) is 13.4. The van der Waals surface area contributed by atoms with Gasteiger partial charge < -0.3 is 5.11 Å². The Morgan fingerprint density at radius 2 is 2.06 bits per heavy atom. The molecule has 1 aromatic rings. The molecular formula is C14H19F2NO. The maximum absolute atomic E-state index is 13.3. The molecule has 2 rings (SSSR count). The third kappa shape index (κ3) is 2.87. The molecule has 2 atom stereocenters. The average Bonchev–Trinajstić information content (AvgIpc) is 2.38. The molecule has 1 saturated heterocycles. The Kier molecular flexibility index (Phi) is 3.97. The van der Waals surface area contributed by atoms with E-state index >= 15 is 0 Å². The summed E-state index contributed by atoms with van der Waals surface area (Å²) < 4.78 is 26.7. The zero-order chi connectivity index (χ0) is 13.2. The highest BCUT2D eigenvalue weighted by Gasteiger charge is 2.41. The molecule has 1 heterocycles. The van der Waals surface area contributed by atoms with Gasteiger partial charge in [-0.1, -0.05) is 30.3 Å². The smallest absolute Gasteiger partial charge is 0.250 e. The largest absolute Gasteiger partial charge is 0.395 e. The maximum Gasteiger partial charge on any atom is 0.250 e. The van der Waals surface area contributed by atoms with E-state index in [1.807, 2.05) is 42.2 Å². The van der Waals surface area contributed by atoms with Crippen LogP contribution in [0.4, 0.5) is 8.78 Å². The molecule has 0 bridgehead atoms. The van der Waals surface area contributed by atoms with Gasteiger partial charge in [-0.05, 0) is 12.5 Å². The second-order valence-corrected chi connectivity index (χ2v) is 4.97. The van der Waals surface area contributed by atoms with Crippen molar-refractivity contribution in [2.75, 3.05) is 13.2 Å². The summed E-state index contributed by atoms with van der Waals surface area (Å²) in [6, 6.07) is 9.40. The molecular weight excluding hydrogens is 236 g/mol. The van der Waals surface area contributed by atoms with E-state index in [1.165, 1.54) is 0 Å². The molecule has 0 saturated carbocycles. The number of nitrogens with zero attached hydrogens (tertiary/aromatic N) is 1. The van der Waals surface area contributed by atoms with E-state index in [1.54, 1.807) is 0 Å². The number of hydrogen-bond donors (Lipinski definition) is 1. The average molecular weight is 255 g/mol. The zero-order valence-electron chi connectivity index (χ0n) is 10.5. The molecule has 1 fully saturated rings. The minimum atomic E-state index is -2.64. The van der Waals surface area contributed by atoms with Crippen molar-refractivity contribution in [3.8, 4) is 0 Å². The van der Waals surface area contributed by atoms with Gasteiger partial charge in [0.2, 0.25) is 0 Å². The highest BCUT2D eigenvalue weighted by Crippen LogP contribution is 2.35. The van der Waals surface area contributed by atoms with Crippen LogP contribution in [0.3, 0.4) is 0 Å². The Hall–Kier alpha value is -1.00. The van der Waals surface area contributed by atoms with Gasteiger partial charge in [0.15, 0.2) is 0 Å². The molecule has 0 amide bonds. The molecule has 2 nitrogen and oxygen atoms in total. The molecule has 0 unspecified atom stereocenters. The van der Waals surface area contributed by atoms with Gasteiger partial charge in [0.1, 0.15) is 0 Å². The third-order valence-corrected chi connectivity index (χ3v) is 3.73. The second-order valence-electron chi connectivity index (χ2n) is 4.97. The lowest BCUT2D eigenvalue weighted by Gasteiger charge is -2.42. The third-order valence-electron chi connectivity index (χ3n) is 3.73. The fourth-order valence-corrected chi connectivity index (χ4v) is 2.64. The van der Waals surface area contributed by atoms with Gasteiger partial charge >= 0.3 is 0 Å². The maximum atomic E-state index is 13.3. The van der Waals surface area contributed by atoms with Crippen molar-refractivity contribution >= 4 is 0 Å². The van der Waals surface area contributed by atoms with Crippen LogP contribution in [0.5, 0.6) is 0 Å². The zero-order valence-corrected chi connectivity index (χ0v) is 10.5. The number of aliphatic hydroxyl groups is 1. The van der Waals surface area contributed by atoms with E-state index in [-0.39, 0.29) is 25.5 Å². The van der Waals surface area contributed by atoms with Crippen LogP contribution >= 0.6 is 0 Å². The SMILES string of the molecule is C[C@@H](c1ccccc1)N1CCC(F)(F)C[C@H]1CO. The van der Waals surface area contributed by atoms with Crippen molar-refractivity contribution in [2.24, 2.45) is 0 Å². The topological polar surface area (TPSA) is 23.5 Å². The summed E-state index contributed by atoms with van der Waals surface area (Å²) in [5.74, 6) is -2.64. The first-order valence-electron chi connectivity index (χ1n) is 6.33. The van der Waals surface area contributed by atoms with Crippen LogP contribution in [-0.2, 0) is 0 Å².